The second-order valence-electron chi connectivity index (χ2n) is 5.83. The Morgan fingerprint density at radius 1 is 1.24 bits per heavy atom. The lowest BCUT2D eigenvalue weighted by Gasteiger charge is -2.42. The molecule has 1 aromatic carbocycles. The van der Waals surface area contributed by atoms with Gasteiger partial charge in [-0.15, -0.1) is 11.3 Å². The van der Waals surface area contributed by atoms with Crippen molar-refractivity contribution in [1.29, 1.82) is 0 Å². The topological polar surface area (TPSA) is 93.5 Å². The highest BCUT2D eigenvalue weighted by molar-refractivity contribution is 7.14. The number of amides is 2. The number of hydrogen-bond donors (Lipinski definition) is 3. The molecule has 25 heavy (non-hydrogen) atoms. The van der Waals surface area contributed by atoms with E-state index in [0.29, 0.717) is 35.3 Å². The standard InChI is InChI=1S/C17H18ClN3O3S/c18-12-3-1-11(2-4-12)17(9-24-10-17)20-7-5-14(22)21-16-13(15(19)23)6-8-25-16/h1-4,6,8,20H,5,7,9-10H2,(H2,19,23)(H,21,22). The second-order valence-corrected chi connectivity index (χ2v) is 7.19. The molecule has 0 aliphatic carbocycles. The molecule has 1 aromatic heterocycles. The van der Waals surface area contributed by atoms with Crippen molar-refractivity contribution in [2.24, 2.45) is 5.73 Å². The van der Waals surface area contributed by atoms with E-state index in [-0.39, 0.29) is 17.9 Å². The molecule has 0 spiro atoms. The summed E-state index contributed by atoms with van der Waals surface area (Å²) < 4.78 is 5.36. The van der Waals surface area contributed by atoms with Crippen LogP contribution >= 0.6 is 22.9 Å². The number of ether oxygens (including phenoxy) is 1. The van der Waals surface area contributed by atoms with E-state index in [1.54, 1.807) is 11.4 Å². The summed E-state index contributed by atoms with van der Waals surface area (Å²) in [5.74, 6) is -0.730. The molecular formula is C17H18ClN3O3S. The molecule has 2 aromatic rings. The summed E-state index contributed by atoms with van der Waals surface area (Å²) >= 11 is 7.21. The second kappa shape index (κ2) is 7.53. The van der Waals surface area contributed by atoms with Crippen molar-refractivity contribution < 1.29 is 14.3 Å². The van der Waals surface area contributed by atoms with E-state index < -0.39 is 5.91 Å². The summed E-state index contributed by atoms with van der Waals surface area (Å²) in [7, 11) is 0. The fourth-order valence-electron chi connectivity index (χ4n) is 2.65. The monoisotopic (exact) mass is 379 g/mol. The first-order chi connectivity index (χ1) is 12.0. The van der Waals surface area contributed by atoms with Gasteiger partial charge in [-0.2, -0.15) is 0 Å². The van der Waals surface area contributed by atoms with Gasteiger partial charge in [0.15, 0.2) is 0 Å². The van der Waals surface area contributed by atoms with Crippen LogP contribution in [0.15, 0.2) is 35.7 Å². The smallest absolute Gasteiger partial charge is 0.251 e. The number of rotatable bonds is 7. The maximum atomic E-state index is 12.1. The highest BCUT2D eigenvalue weighted by Crippen LogP contribution is 2.30. The number of carbonyl (C=O) groups is 2. The number of anilines is 1. The van der Waals surface area contributed by atoms with Crippen LogP contribution in [0.5, 0.6) is 0 Å². The molecule has 0 saturated carbocycles. The number of nitrogens with two attached hydrogens (primary N) is 1. The van der Waals surface area contributed by atoms with Crippen molar-refractivity contribution in [2.75, 3.05) is 25.1 Å². The molecule has 0 bridgehead atoms. The van der Waals surface area contributed by atoms with Crippen LogP contribution in [0.25, 0.3) is 0 Å². The summed E-state index contributed by atoms with van der Waals surface area (Å²) in [6.07, 6.45) is 0.269. The van der Waals surface area contributed by atoms with E-state index in [1.165, 1.54) is 11.3 Å². The summed E-state index contributed by atoms with van der Waals surface area (Å²) in [4.78, 5) is 23.4. The Labute approximate surface area is 154 Å². The van der Waals surface area contributed by atoms with Gasteiger partial charge in [-0.3, -0.25) is 9.59 Å². The molecule has 1 aliphatic heterocycles. The van der Waals surface area contributed by atoms with E-state index in [4.69, 9.17) is 22.1 Å². The van der Waals surface area contributed by atoms with Crippen LogP contribution in [0.3, 0.4) is 0 Å². The highest BCUT2D eigenvalue weighted by Gasteiger charge is 2.39. The largest absolute Gasteiger partial charge is 0.377 e. The zero-order valence-corrected chi connectivity index (χ0v) is 15.0. The van der Waals surface area contributed by atoms with E-state index in [9.17, 15) is 9.59 Å². The number of thiophene rings is 1. The zero-order chi connectivity index (χ0) is 17.9. The van der Waals surface area contributed by atoms with Gasteiger partial charge in [0, 0.05) is 18.0 Å². The third kappa shape index (κ3) is 4.01. The Kier molecular flexibility index (Phi) is 5.39. The number of hydrogen-bond acceptors (Lipinski definition) is 5. The average molecular weight is 380 g/mol. The van der Waals surface area contributed by atoms with Gasteiger partial charge in [-0.05, 0) is 29.1 Å². The van der Waals surface area contributed by atoms with Crippen LogP contribution in [0.2, 0.25) is 5.02 Å². The summed E-state index contributed by atoms with van der Waals surface area (Å²) in [5, 5.41) is 9.01. The Morgan fingerprint density at radius 2 is 1.96 bits per heavy atom. The maximum absolute atomic E-state index is 12.1. The third-order valence-electron chi connectivity index (χ3n) is 4.09. The van der Waals surface area contributed by atoms with Crippen molar-refractivity contribution in [3.05, 3.63) is 51.9 Å². The van der Waals surface area contributed by atoms with E-state index >= 15 is 0 Å². The van der Waals surface area contributed by atoms with Gasteiger partial charge in [-0.25, -0.2) is 0 Å². The van der Waals surface area contributed by atoms with Gasteiger partial charge in [0.05, 0.1) is 24.3 Å². The molecule has 1 fully saturated rings. The minimum atomic E-state index is -0.553. The third-order valence-corrected chi connectivity index (χ3v) is 5.17. The average Bonchev–Trinajstić information content (AvgIpc) is 2.99. The summed E-state index contributed by atoms with van der Waals surface area (Å²) in [5.41, 5.74) is 6.40. The number of carbonyl (C=O) groups excluding carboxylic acids is 2. The molecule has 0 atom stereocenters. The summed E-state index contributed by atoms with van der Waals surface area (Å²) in [6, 6.07) is 9.20. The minimum Gasteiger partial charge on any atom is -0.377 e. The first kappa shape index (κ1) is 17.9. The first-order valence-electron chi connectivity index (χ1n) is 7.76. The maximum Gasteiger partial charge on any atom is 0.251 e. The van der Waals surface area contributed by atoms with Crippen molar-refractivity contribution in [2.45, 2.75) is 12.0 Å². The SMILES string of the molecule is NC(=O)c1ccsc1NC(=O)CCNC1(c2ccc(Cl)cc2)COC1. The van der Waals surface area contributed by atoms with Crippen LogP contribution in [0.4, 0.5) is 5.00 Å². The van der Waals surface area contributed by atoms with Gasteiger partial charge >= 0.3 is 0 Å². The van der Waals surface area contributed by atoms with Crippen LogP contribution in [0, 0.1) is 0 Å². The molecule has 3 rings (SSSR count). The van der Waals surface area contributed by atoms with Crippen molar-refractivity contribution >= 4 is 39.8 Å². The first-order valence-corrected chi connectivity index (χ1v) is 9.02. The Bertz CT molecular complexity index is 772. The molecule has 2 amide bonds. The predicted molar refractivity (Wildman–Crippen MR) is 98.0 cm³/mol. The Balaban J connectivity index is 1.54. The molecule has 6 nitrogen and oxygen atoms in total. The quantitative estimate of drug-likeness (QED) is 0.688. The molecule has 8 heteroatoms. The normalized spacial score (nSPS) is 15.4. The van der Waals surface area contributed by atoms with Crippen LogP contribution in [0.1, 0.15) is 22.3 Å². The fourth-order valence-corrected chi connectivity index (χ4v) is 3.58. The van der Waals surface area contributed by atoms with Crippen molar-refractivity contribution in [1.82, 2.24) is 5.32 Å². The molecule has 1 aliphatic rings. The number of nitrogens with one attached hydrogen (secondary N) is 2. The molecule has 132 valence electrons. The predicted octanol–water partition coefficient (Wildman–Crippen LogP) is 2.34. The Morgan fingerprint density at radius 3 is 2.56 bits per heavy atom. The van der Waals surface area contributed by atoms with E-state index in [1.807, 2.05) is 24.3 Å². The van der Waals surface area contributed by atoms with Crippen LogP contribution in [-0.2, 0) is 15.1 Å². The van der Waals surface area contributed by atoms with Gasteiger partial charge in [0.25, 0.3) is 5.91 Å². The number of halogens is 1. The Hall–Kier alpha value is -1.93. The molecule has 2 heterocycles. The van der Waals surface area contributed by atoms with Gasteiger partial charge in [-0.1, -0.05) is 23.7 Å². The molecule has 4 N–H and O–H groups in total. The van der Waals surface area contributed by atoms with Gasteiger partial charge in [0.1, 0.15) is 5.00 Å². The van der Waals surface area contributed by atoms with Gasteiger partial charge in [0.2, 0.25) is 5.91 Å². The summed E-state index contributed by atoms with van der Waals surface area (Å²) in [6.45, 7) is 1.58. The van der Waals surface area contributed by atoms with Crippen LogP contribution < -0.4 is 16.4 Å². The molecule has 0 unspecified atom stereocenters. The minimum absolute atomic E-state index is 0.177. The van der Waals surface area contributed by atoms with E-state index in [0.717, 1.165) is 5.56 Å². The van der Waals surface area contributed by atoms with Crippen molar-refractivity contribution in [3.63, 3.8) is 0 Å². The lowest BCUT2D eigenvalue weighted by Crippen LogP contribution is -2.58. The lowest BCUT2D eigenvalue weighted by molar-refractivity contribution is -0.116. The van der Waals surface area contributed by atoms with Gasteiger partial charge < -0.3 is 21.1 Å². The highest BCUT2D eigenvalue weighted by atomic mass is 35.5. The molecule has 0 radical (unpaired) electrons. The zero-order valence-electron chi connectivity index (χ0n) is 13.4. The van der Waals surface area contributed by atoms with E-state index in [2.05, 4.69) is 10.6 Å². The molecule has 1 saturated heterocycles. The number of benzene rings is 1. The van der Waals surface area contributed by atoms with Crippen LogP contribution in [-0.4, -0.2) is 31.6 Å². The van der Waals surface area contributed by atoms with Crippen molar-refractivity contribution in [3.8, 4) is 0 Å². The molecular weight excluding hydrogens is 362 g/mol. The fraction of sp³-hybridized carbons (Fsp3) is 0.294. The number of primary amides is 1. The lowest BCUT2D eigenvalue weighted by atomic mass is 9.88.